The number of likely N-dealkylation sites (N-methyl/N-ethyl adjacent to an activating group) is 1. The van der Waals surface area contributed by atoms with Crippen LogP contribution in [0.5, 0.6) is 0 Å². The number of nitrogens with two attached hydrogens (primary N) is 1. The highest BCUT2D eigenvalue weighted by atomic mass is 16.6. The maximum Gasteiger partial charge on any atom is 0.410 e. The number of rotatable bonds is 5. The molecule has 0 aromatic carbocycles. The molecule has 1 aliphatic carbocycles. The van der Waals surface area contributed by atoms with Crippen LogP contribution in [0.25, 0.3) is 0 Å². The van der Waals surface area contributed by atoms with Crippen LogP contribution in [0.1, 0.15) is 45.4 Å². The molecule has 1 heterocycles. The third-order valence-electron chi connectivity index (χ3n) is 4.50. The Morgan fingerprint density at radius 2 is 2.21 bits per heavy atom. The number of aliphatic hydroxyl groups excluding tert-OH is 1. The number of hydrogen-bond donors (Lipinski definition) is 2. The predicted octanol–water partition coefficient (Wildman–Crippen LogP) is 1.49. The molecule has 1 amide bonds. The quantitative estimate of drug-likeness (QED) is 0.793. The van der Waals surface area contributed by atoms with E-state index in [0.717, 1.165) is 45.1 Å². The second-order valence-corrected chi connectivity index (χ2v) is 5.81. The maximum atomic E-state index is 11.4. The fraction of sp³-hybridized carbons (Fsp3) is 0.929. The van der Waals surface area contributed by atoms with Crippen LogP contribution in [0.3, 0.4) is 0 Å². The summed E-state index contributed by atoms with van der Waals surface area (Å²) in [4.78, 5) is 13.2. The van der Waals surface area contributed by atoms with E-state index in [9.17, 15) is 9.90 Å². The highest BCUT2D eigenvalue weighted by Crippen LogP contribution is 2.28. The standard InChI is InChI=1S/C14H26N2O3/c1-2-16-9-11(19-14(16)18)7-3-5-10-6-4-8-12(17)13(10)15/h10-13,17H,2-9,15H2,1H3. The maximum absolute atomic E-state index is 11.4. The molecule has 5 nitrogen and oxygen atoms in total. The van der Waals surface area contributed by atoms with Crippen molar-refractivity contribution in [1.82, 2.24) is 4.90 Å². The van der Waals surface area contributed by atoms with Crippen molar-refractivity contribution in [1.29, 1.82) is 0 Å². The van der Waals surface area contributed by atoms with E-state index < -0.39 is 0 Å². The lowest BCUT2D eigenvalue weighted by Gasteiger charge is -2.33. The third-order valence-corrected chi connectivity index (χ3v) is 4.50. The zero-order chi connectivity index (χ0) is 13.8. The molecule has 2 fully saturated rings. The number of amides is 1. The molecular formula is C14H26N2O3. The number of cyclic esters (lactones) is 1. The van der Waals surface area contributed by atoms with E-state index >= 15 is 0 Å². The molecule has 4 unspecified atom stereocenters. The van der Waals surface area contributed by atoms with Crippen LogP contribution < -0.4 is 5.73 Å². The van der Waals surface area contributed by atoms with Crippen LogP contribution in [0.4, 0.5) is 4.79 Å². The Morgan fingerprint density at radius 1 is 1.42 bits per heavy atom. The third kappa shape index (κ3) is 3.60. The molecule has 5 heteroatoms. The van der Waals surface area contributed by atoms with Gasteiger partial charge in [-0.05, 0) is 44.9 Å². The van der Waals surface area contributed by atoms with Crippen molar-refractivity contribution in [2.45, 2.75) is 63.7 Å². The lowest BCUT2D eigenvalue weighted by Crippen LogP contribution is -2.44. The van der Waals surface area contributed by atoms with Gasteiger partial charge in [0.2, 0.25) is 0 Å². The number of hydrogen-bond acceptors (Lipinski definition) is 4. The summed E-state index contributed by atoms with van der Waals surface area (Å²) in [5.74, 6) is 0.420. The first-order chi connectivity index (χ1) is 9.11. The molecule has 110 valence electrons. The Bertz CT molecular complexity index is 311. The van der Waals surface area contributed by atoms with Gasteiger partial charge in [-0.25, -0.2) is 4.79 Å². The molecule has 1 saturated carbocycles. The van der Waals surface area contributed by atoms with E-state index in [1.54, 1.807) is 4.90 Å². The Morgan fingerprint density at radius 3 is 2.89 bits per heavy atom. The van der Waals surface area contributed by atoms with E-state index in [2.05, 4.69) is 0 Å². The van der Waals surface area contributed by atoms with Crippen LogP contribution >= 0.6 is 0 Å². The van der Waals surface area contributed by atoms with Crippen LogP contribution in [0.2, 0.25) is 0 Å². The zero-order valence-electron chi connectivity index (χ0n) is 11.8. The lowest BCUT2D eigenvalue weighted by atomic mass is 9.80. The van der Waals surface area contributed by atoms with E-state index in [4.69, 9.17) is 10.5 Å². The number of ether oxygens (including phenoxy) is 1. The first-order valence-corrected chi connectivity index (χ1v) is 7.51. The van der Waals surface area contributed by atoms with Gasteiger partial charge in [0.15, 0.2) is 0 Å². The average molecular weight is 270 g/mol. The minimum absolute atomic E-state index is 0.0391. The summed E-state index contributed by atoms with van der Waals surface area (Å²) in [7, 11) is 0. The fourth-order valence-corrected chi connectivity index (χ4v) is 3.22. The van der Waals surface area contributed by atoms with Gasteiger partial charge in [-0.1, -0.05) is 6.42 Å². The molecule has 4 atom stereocenters. The van der Waals surface area contributed by atoms with Crippen LogP contribution in [0, 0.1) is 5.92 Å². The molecular weight excluding hydrogens is 244 g/mol. The second kappa shape index (κ2) is 6.57. The predicted molar refractivity (Wildman–Crippen MR) is 72.7 cm³/mol. The highest BCUT2D eigenvalue weighted by molar-refractivity contribution is 5.69. The number of carbonyl (C=O) groups is 1. The summed E-state index contributed by atoms with van der Waals surface area (Å²) in [5.41, 5.74) is 6.04. The molecule has 1 saturated heterocycles. The number of carbonyl (C=O) groups excluding carboxylic acids is 1. The van der Waals surface area contributed by atoms with Crippen molar-refractivity contribution in [3.8, 4) is 0 Å². The van der Waals surface area contributed by atoms with Crippen molar-refractivity contribution in [2.24, 2.45) is 11.7 Å². The molecule has 3 N–H and O–H groups in total. The summed E-state index contributed by atoms with van der Waals surface area (Å²) >= 11 is 0. The number of nitrogens with zero attached hydrogens (tertiary/aromatic N) is 1. The second-order valence-electron chi connectivity index (χ2n) is 5.81. The van der Waals surface area contributed by atoms with Gasteiger partial charge < -0.3 is 20.5 Å². The minimum Gasteiger partial charge on any atom is -0.444 e. The molecule has 2 aliphatic rings. The summed E-state index contributed by atoms with van der Waals surface area (Å²) in [6.07, 6.45) is 5.49. The Labute approximate surface area is 115 Å². The van der Waals surface area contributed by atoms with Gasteiger partial charge in [0.05, 0.1) is 12.6 Å². The van der Waals surface area contributed by atoms with Gasteiger partial charge in [-0.15, -0.1) is 0 Å². The highest BCUT2D eigenvalue weighted by Gasteiger charge is 2.31. The largest absolute Gasteiger partial charge is 0.444 e. The molecule has 1 aliphatic heterocycles. The fourth-order valence-electron chi connectivity index (χ4n) is 3.22. The van der Waals surface area contributed by atoms with E-state index in [1.165, 1.54) is 0 Å². The van der Waals surface area contributed by atoms with Gasteiger partial charge in [0.25, 0.3) is 0 Å². The van der Waals surface area contributed by atoms with Crippen LogP contribution in [-0.4, -0.2) is 47.4 Å². The number of aliphatic hydroxyl groups is 1. The van der Waals surface area contributed by atoms with Crippen molar-refractivity contribution in [3.05, 3.63) is 0 Å². The molecule has 0 spiro atoms. The summed E-state index contributed by atoms with van der Waals surface area (Å²) in [6, 6.07) is -0.0768. The first-order valence-electron chi connectivity index (χ1n) is 7.51. The summed E-state index contributed by atoms with van der Waals surface area (Å²) in [5, 5.41) is 9.76. The van der Waals surface area contributed by atoms with Crippen LogP contribution in [-0.2, 0) is 4.74 Å². The molecule has 0 bridgehead atoms. The van der Waals surface area contributed by atoms with Gasteiger partial charge in [-0.2, -0.15) is 0 Å². The molecule has 0 aromatic rings. The van der Waals surface area contributed by atoms with E-state index in [1.807, 2.05) is 6.92 Å². The first kappa shape index (κ1) is 14.6. The SMILES string of the molecule is CCN1CC(CCCC2CCCC(O)C2N)OC1=O. The molecule has 0 aromatic heterocycles. The van der Waals surface area contributed by atoms with Gasteiger partial charge in [0, 0.05) is 12.6 Å². The van der Waals surface area contributed by atoms with E-state index in [-0.39, 0.29) is 24.3 Å². The summed E-state index contributed by atoms with van der Waals surface area (Å²) in [6.45, 7) is 3.40. The Kier molecular flexibility index (Phi) is 5.05. The van der Waals surface area contributed by atoms with Gasteiger partial charge >= 0.3 is 6.09 Å². The topological polar surface area (TPSA) is 75.8 Å². The average Bonchev–Trinajstić information content (AvgIpc) is 2.75. The van der Waals surface area contributed by atoms with Crippen molar-refractivity contribution < 1.29 is 14.6 Å². The monoisotopic (exact) mass is 270 g/mol. The molecule has 2 rings (SSSR count). The van der Waals surface area contributed by atoms with Gasteiger partial charge in [0.1, 0.15) is 6.10 Å². The molecule has 19 heavy (non-hydrogen) atoms. The molecule has 0 radical (unpaired) electrons. The minimum atomic E-state index is -0.335. The summed E-state index contributed by atoms with van der Waals surface area (Å²) < 4.78 is 5.31. The Balaban J connectivity index is 1.68. The zero-order valence-corrected chi connectivity index (χ0v) is 11.8. The van der Waals surface area contributed by atoms with Crippen molar-refractivity contribution in [2.75, 3.05) is 13.1 Å². The smallest absolute Gasteiger partial charge is 0.410 e. The van der Waals surface area contributed by atoms with Crippen molar-refractivity contribution >= 4 is 6.09 Å². The lowest BCUT2D eigenvalue weighted by molar-refractivity contribution is 0.0707. The van der Waals surface area contributed by atoms with E-state index in [0.29, 0.717) is 12.5 Å². The van der Waals surface area contributed by atoms with Gasteiger partial charge in [-0.3, -0.25) is 0 Å². The Hall–Kier alpha value is -0.810. The normalized spacial score (nSPS) is 35.5. The van der Waals surface area contributed by atoms with Crippen LogP contribution in [0.15, 0.2) is 0 Å². The van der Waals surface area contributed by atoms with Crippen molar-refractivity contribution in [3.63, 3.8) is 0 Å².